The maximum atomic E-state index is 13.2. The van der Waals surface area contributed by atoms with Gasteiger partial charge in [-0.15, -0.1) is 0 Å². The molecule has 1 saturated heterocycles. The standard InChI is InChI=1S/C25H33N3O3/c1-25(2)16-20-23(21(29)17-25)24(26-28(20)14-15-31-3)19-10-7-13-27(19)22(30)12-11-18-8-5-4-6-9-18/h4-6,8-9,19H,7,10-17H2,1-3H3/t19-/m0/s1. The molecule has 1 fully saturated rings. The van der Waals surface area contributed by atoms with Crippen molar-refractivity contribution in [1.82, 2.24) is 14.7 Å². The number of hydrogen-bond acceptors (Lipinski definition) is 4. The normalized spacial score (nSPS) is 20.2. The average molecular weight is 424 g/mol. The van der Waals surface area contributed by atoms with Crippen LogP contribution < -0.4 is 0 Å². The van der Waals surface area contributed by atoms with Crippen LogP contribution in [0.25, 0.3) is 0 Å². The molecule has 0 unspecified atom stereocenters. The lowest BCUT2D eigenvalue weighted by Gasteiger charge is -2.30. The summed E-state index contributed by atoms with van der Waals surface area (Å²) in [5.74, 6) is 0.309. The van der Waals surface area contributed by atoms with Crippen LogP contribution >= 0.6 is 0 Å². The van der Waals surface area contributed by atoms with Gasteiger partial charge in [0.1, 0.15) is 0 Å². The van der Waals surface area contributed by atoms with Crippen molar-refractivity contribution in [2.24, 2.45) is 5.41 Å². The van der Waals surface area contributed by atoms with Crippen molar-refractivity contribution in [1.29, 1.82) is 0 Å². The van der Waals surface area contributed by atoms with Crippen molar-refractivity contribution in [3.8, 4) is 0 Å². The van der Waals surface area contributed by atoms with Crippen molar-refractivity contribution < 1.29 is 14.3 Å². The number of methoxy groups -OCH3 is 1. The Morgan fingerprint density at radius 3 is 2.74 bits per heavy atom. The lowest BCUT2D eigenvalue weighted by molar-refractivity contribution is -0.132. The first kappa shape index (κ1) is 21.8. The predicted molar refractivity (Wildman–Crippen MR) is 119 cm³/mol. The van der Waals surface area contributed by atoms with Crippen LogP contribution in [-0.4, -0.2) is 46.6 Å². The van der Waals surface area contributed by atoms with E-state index in [0.29, 0.717) is 26.0 Å². The summed E-state index contributed by atoms with van der Waals surface area (Å²) in [6.45, 7) is 6.17. The monoisotopic (exact) mass is 423 g/mol. The third-order valence-electron chi connectivity index (χ3n) is 6.52. The molecular weight excluding hydrogens is 390 g/mol. The maximum Gasteiger partial charge on any atom is 0.223 e. The molecule has 0 radical (unpaired) electrons. The molecule has 166 valence electrons. The van der Waals surface area contributed by atoms with Gasteiger partial charge in [0.25, 0.3) is 0 Å². The van der Waals surface area contributed by atoms with E-state index in [1.54, 1.807) is 7.11 Å². The quantitative estimate of drug-likeness (QED) is 0.676. The summed E-state index contributed by atoms with van der Waals surface area (Å²) in [6.07, 6.45) is 4.37. The molecule has 0 saturated carbocycles. The first-order chi connectivity index (χ1) is 14.9. The number of benzene rings is 1. The Bertz CT molecular complexity index is 948. The van der Waals surface area contributed by atoms with Crippen molar-refractivity contribution >= 4 is 11.7 Å². The topological polar surface area (TPSA) is 64.4 Å². The molecule has 2 aliphatic rings. The molecule has 1 atom stereocenters. The molecule has 31 heavy (non-hydrogen) atoms. The van der Waals surface area contributed by atoms with Gasteiger partial charge in [-0.2, -0.15) is 5.10 Å². The summed E-state index contributed by atoms with van der Waals surface area (Å²) < 4.78 is 7.23. The van der Waals surface area contributed by atoms with Gasteiger partial charge in [-0.1, -0.05) is 44.2 Å². The molecule has 6 heteroatoms. The summed E-state index contributed by atoms with van der Waals surface area (Å²) in [6, 6.07) is 10.0. The van der Waals surface area contributed by atoms with E-state index < -0.39 is 0 Å². The van der Waals surface area contributed by atoms with E-state index in [9.17, 15) is 9.59 Å². The second-order valence-electron chi connectivity index (χ2n) is 9.59. The van der Waals surface area contributed by atoms with E-state index in [-0.39, 0.29) is 23.1 Å². The average Bonchev–Trinajstić information content (AvgIpc) is 3.35. The molecule has 4 rings (SSSR count). The van der Waals surface area contributed by atoms with Crippen LogP contribution in [0.1, 0.15) is 72.9 Å². The molecule has 1 aromatic heterocycles. The Labute approximate surface area is 184 Å². The zero-order valence-corrected chi connectivity index (χ0v) is 18.9. The Balaban J connectivity index is 1.59. The molecule has 1 aliphatic carbocycles. The van der Waals surface area contributed by atoms with Crippen LogP contribution in [0.3, 0.4) is 0 Å². The van der Waals surface area contributed by atoms with E-state index in [0.717, 1.165) is 49.2 Å². The summed E-state index contributed by atoms with van der Waals surface area (Å²) in [7, 11) is 1.68. The number of amides is 1. The lowest BCUT2D eigenvalue weighted by atomic mass is 9.75. The van der Waals surface area contributed by atoms with Crippen LogP contribution in [0.4, 0.5) is 0 Å². The summed E-state index contributed by atoms with van der Waals surface area (Å²) in [4.78, 5) is 28.2. The second-order valence-corrected chi connectivity index (χ2v) is 9.59. The van der Waals surface area contributed by atoms with Crippen molar-refractivity contribution in [3.63, 3.8) is 0 Å². The van der Waals surface area contributed by atoms with Gasteiger partial charge in [-0.05, 0) is 36.7 Å². The number of carbonyl (C=O) groups excluding carboxylic acids is 2. The number of aryl methyl sites for hydroxylation is 1. The van der Waals surface area contributed by atoms with Crippen molar-refractivity contribution in [3.05, 3.63) is 52.8 Å². The minimum Gasteiger partial charge on any atom is -0.383 e. The van der Waals surface area contributed by atoms with Crippen molar-refractivity contribution in [2.45, 2.75) is 65.0 Å². The van der Waals surface area contributed by atoms with Gasteiger partial charge in [-0.25, -0.2) is 0 Å². The molecule has 1 aliphatic heterocycles. The highest BCUT2D eigenvalue weighted by molar-refractivity contribution is 6.00. The van der Waals surface area contributed by atoms with Gasteiger partial charge >= 0.3 is 0 Å². The van der Waals surface area contributed by atoms with Crippen LogP contribution in [-0.2, 0) is 28.9 Å². The molecule has 2 heterocycles. The van der Waals surface area contributed by atoms with E-state index in [1.165, 1.54) is 5.56 Å². The number of rotatable bonds is 7. The molecule has 0 spiro atoms. The highest BCUT2D eigenvalue weighted by Gasteiger charge is 2.41. The Kier molecular flexibility index (Phi) is 6.28. The molecule has 1 aromatic carbocycles. The Morgan fingerprint density at radius 1 is 1.23 bits per heavy atom. The second kappa shape index (κ2) is 8.95. The minimum atomic E-state index is -0.106. The van der Waals surface area contributed by atoms with Gasteiger partial charge in [0.15, 0.2) is 5.78 Å². The largest absolute Gasteiger partial charge is 0.383 e. The number of fused-ring (bicyclic) bond motifs is 1. The number of likely N-dealkylation sites (tertiary alicyclic amines) is 1. The maximum absolute atomic E-state index is 13.2. The van der Waals surface area contributed by atoms with Crippen LogP contribution in [0.5, 0.6) is 0 Å². The van der Waals surface area contributed by atoms with E-state index >= 15 is 0 Å². The number of ketones is 1. The van der Waals surface area contributed by atoms with Crippen molar-refractivity contribution in [2.75, 3.05) is 20.3 Å². The van der Waals surface area contributed by atoms with Gasteiger partial charge in [0.05, 0.1) is 36.1 Å². The zero-order chi connectivity index (χ0) is 22.0. The molecule has 6 nitrogen and oxygen atoms in total. The Hall–Kier alpha value is -2.47. The van der Waals surface area contributed by atoms with Crippen LogP contribution in [0, 0.1) is 5.41 Å². The van der Waals surface area contributed by atoms with Gasteiger partial charge < -0.3 is 9.64 Å². The fourth-order valence-corrected chi connectivity index (χ4v) is 5.02. The minimum absolute atomic E-state index is 0.0763. The summed E-state index contributed by atoms with van der Waals surface area (Å²) in [5.41, 5.74) is 3.68. The number of ether oxygens (including phenoxy) is 1. The number of nitrogens with zero attached hydrogens (tertiary/aromatic N) is 3. The lowest BCUT2D eigenvalue weighted by Crippen LogP contribution is -2.33. The molecule has 0 N–H and O–H groups in total. The SMILES string of the molecule is COCCn1nc([C@@H]2CCCN2C(=O)CCc2ccccc2)c2c1CC(C)(C)CC2=O. The Morgan fingerprint density at radius 2 is 2.00 bits per heavy atom. The van der Waals surface area contributed by atoms with E-state index in [4.69, 9.17) is 9.84 Å². The van der Waals surface area contributed by atoms with E-state index in [1.807, 2.05) is 27.8 Å². The van der Waals surface area contributed by atoms with Crippen LogP contribution in [0.15, 0.2) is 30.3 Å². The summed E-state index contributed by atoms with van der Waals surface area (Å²) >= 11 is 0. The number of carbonyl (C=O) groups is 2. The first-order valence-corrected chi connectivity index (χ1v) is 11.3. The third kappa shape index (κ3) is 4.59. The fourth-order valence-electron chi connectivity index (χ4n) is 5.02. The molecule has 2 aromatic rings. The number of Topliss-reactive ketones (excluding diaryl/α,β-unsaturated/α-hetero) is 1. The fraction of sp³-hybridized carbons (Fsp3) is 0.560. The highest BCUT2D eigenvalue weighted by atomic mass is 16.5. The van der Waals surface area contributed by atoms with Gasteiger partial charge in [-0.3, -0.25) is 14.3 Å². The van der Waals surface area contributed by atoms with E-state index in [2.05, 4.69) is 26.0 Å². The molecular formula is C25H33N3O3. The summed E-state index contributed by atoms with van der Waals surface area (Å²) in [5, 5.41) is 4.90. The first-order valence-electron chi connectivity index (χ1n) is 11.3. The molecule has 1 amide bonds. The van der Waals surface area contributed by atoms with Gasteiger partial charge in [0, 0.05) is 26.5 Å². The van der Waals surface area contributed by atoms with Gasteiger partial charge in [0.2, 0.25) is 5.91 Å². The number of aromatic nitrogens is 2. The zero-order valence-electron chi connectivity index (χ0n) is 18.9. The molecule has 0 bridgehead atoms. The van der Waals surface area contributed by atoms with Crippen LogP contribution in [0.2, 0.25) is 0 Å². The number of hydrogen-bond donors (Lipinski definition) is 0. The predicted octanol–water partition coefficient (Wildman–Crippen LogP) is 3.98. The highest BCUT2D eigenvalue weighted by Crippen LogP contribution is 2.41. The smallest absolute Gasteiger partial charge is 0.223 e. The third-order valence-corrected chi connectivity index (χ3v) is 6.52.